The Hall–Kier alpha value is -4.06. The van der Waals surface area contributed by atoms with Gasteiger partial charge in [0.25, 0.3) is 10.0 Å². The Balaban J connectivity index is 2.08. The summed E-state index contributed by atoms with van der Waals surface area (Å²) in [5.41, 5.74) is -0.822. The Morgan fingerprint density at radius 1 is 0.952 bits per heavy atom. The Kier molecular flexibility index (Phi) is 10.6. The topological polar surface area (TPSA) is 96.0 Å². The van der Waals surface area contributed by atoms with Crippen molar-refractivity contribution in [1.82, 2.24) is 10.2 Å². The van der Waals surface area contributed by atoms with Crippen molar-refractivity contribution in [3.63, 3.8) is 0 Å². The molecule has 1 N–H and O–H groups in total. The van der Waals surface area contributed by atoms with E-state index in [0.717, 1.165) is 12.1 Å². The van der Waals surface area contributed by atoms with Gasteiger partial charge in [0.05, 0.1) is 23.3 Å². The lowest BCUT2D eigenvalue weighted by Gasteiger charge is -2.32. The molecular weight excluding hydrogens is 571 g/mol. The second-order valence-corrected chi connectivity index (χ2v) is 11.6. The summed E-state index contributed by atoms with van der Waals surface area (Å²) in [7, 11) is -3.02. The van der Waals surface area contributed by atoms with Gasteiger partial charge in [-0.3, -0.25) is 13.9 Å². The summed E-state index contributed by atoms with van der Waals surface area (Å²) in [6, 6.07) is 16.4. The molecule has 3 aromatic rings. The molecular formula is C30H34F3N3O5S. The number of halogens is 3. The Morgan fingerprint density at radius 3 is 2.24 bits per heavy atom. The summed E-state index contributed by atoms with van der Waals surface area (Å²) >= 11 is 0. The molecule has 226 valence electrons. The molecule has 0 spiro atoms. The van der Waals surface area contributed by atoms with Crippen molar-refractivity contribution in [2.75, 3.05) is 18.0 Å². The third kappa shape index (κ3) is 8.03. The van der Waals surface area contributed by atoms with E-state index in [1.54, 1.807) is 37.3 Å². The maximum Gasteiger partial charge on any atom is 0.416 e. The van der Waals surface area contributed by atoms with Crippen LogP contribution in [-0.4, -0.2) is 50.9 Å². The standard InChI is InChI=1S/C30H34F3N3O5S/c1-5-21(2)34-29(38)22(3)35(19-23-11-9-14-26(17-23)41-4)28(37)20-36(42(39,40)27-15-7-6-8-16-27)25-13-10-12-24(18-25)30(31,32)33/h6-18,21-22H,5,19-20H2,1-4H3,(H,34,38)/t21-,22+/m1/s1. The van der Waals surface area contributed by atoms with E-state index in [9.17, 15) is 31.2 Å². The summed E-state index contributed by atoms with van der Waals surface area (Å²) in [4.78, 5) is 28.0. The predicted octanol–water partition coefficient (Wildman–Crippen LogP) is 5.24. The van der Waals surface area contributed by atoms with Crippen LogP contribution in [0.5, 0.6) is 5.75 Å². The van der Waals surface area contributed by atoms with Gasteiger partial charge >= 0.3 is 6.18 Å². The number of sulfonamides is 1. The number of rotatable bonds is 12. The van der Waals surface area contributed by atoms with Crippen molar-refractivity contribution in [1.29, 1.82) is 0 Å². The highest BCUT2D eigenvalue weighted by atomic mass is 32.2. The quantitative estimate of drug-likeness (QED) is 0.305. The number of nitrogens with zero attached hydrogens (tertiary/aromatic N) is 2. The molecule has 0 aliphatic carbocycles. The first-order chi connectivity index (χ1) is 19.8. The zero-order valence-corrected chi connectivity index (χ0v) is 24.6. The third-order valence-corrected chi connectivity index (χ3v) is 8.52. The zero-order chi connectivity index (χ0) is 31.1. The van der Waals surface area contributed by atoms with Crippen LogP contribution in [0.4, 0.5) is 18.9 Å². The minimum atomic E-state index is -4.75. The van der Waals surface area contributed by atoms with E-state index in [4.69, 9.17) is 4.74 Å². The molecule has 8 nitrogen and oxygen atoms in total. The van der Waals surface area contributed by atoms with Crippen molar-refractivity contribution < 1.29 is 35.9 Å². The Labute approximate surface area is 244 Å². The summed E-state index contributed by atoms with van der Waals surface area (Å²) in [6.07, 6.45) is -4.11. The Bertz CT molecular complexity index is 1480. The number of carbonyl (C=O) groups excluding carboxylic acids is 2. The lowest BCUT2D eigenvalue weighted by molar-refractivity contribution is -0.139. The van der Waals surface area contributed by atoms with E-state index < -0.39 is 46.2 Å². The van der Waals surface area contributed by atoms with Gasteiger partial charge < -0.3 is 15.0 Å². The maximum absolute atomic E-state index is 13.9. The molecule has 42 heavy (non-hydrogen) atoms. The van der Waals surface area contributed by atoms with Crippen LogP contribution in [0.3, 0.4) is 0 Å². The van der Waals surface area contributed by atoms with Crippen LogP contribution < -0.4 is 14.4 Å². The minimum Gasteiger partial charge on any atom is -0.497 e. The van der Waals surface area contributed by atoms with Gasteiger partial charge in [-0.25, -0.2) is 8.42 Å². The number of nitrogens with one attached hydrogen (secondary N) is 1. The smallest absolute Gasteiger partial charge is 0.416 e. The largest absolute Gasteiger partial charge is 0.497 e. The number of carbonyl (C=O) groups is 2. The Morgan fingerprint density at radius 2 is 1.62 bits per heavy atom. The SMILES string of the molecule is CC[C@@H](C)NC(=O)[C@H](C)N(Cc1cccc(OC)c1)C(=O)CN(c1cccc(C(F)(F)F)c1)S(=O)(=O)c1ccccc1. The summed E-state index contributed by atoms with van der Waals surface area (Å²) < 4.78 is 74.1. The molecule has 0 aromatic heterocycles. The first kappa shape index (κ1) is 32.5. The van der Waals surface area contributed by atoms with Gasteiger partial charge in [0.1, 0.15) is 18.3 Å². The van der Waals surface area contributed by atoms with Crippen LogP contribution >= 0.6 is 0 Å². The predicted molar refractivity (Wildman–Crippen MR) is 153 cm³/mol. The highest BCUT2D eigenvalue weighted by Crippen LogP contribution is 2.33. The van der Waals surface area contributed by atoms with Crippen molar-refractivity contribution in [3.05, 3.63) is 90.0 Å². The van der Waals surface area contributed by atoms with Gasteiger partial charge in [0.2, 0.25) is 11.8 Å². The molecule has 12 heteroatoms. The molecule has 3 aromatic carbocycles. The number of anilines is 1. The van der Waals surface area contributed by atoms with Gasteiger partial charge in [0, 0.05) is 12.6 Å². The van der Waals surface area contributed by atoms with Crippen LogP contribution in [0.2, 0.25) is 0 Å². The fourth-order valence-corrected chi connectivity index (χ4v) is 5.53. The van der Waals surface area contributed by atoms with Gasteiger partial charge in [-0.05, 0) is 68.3 Å². The molecule has 2 atom stereocenters. The summed E-state index contributed by atoms with van der Waals surface area (Å²) in [5.74, 6) is -0.743. The van der Waals surface area contributed by atoms with Crippen LogP contribution in [0.1, 0.15) is 38.3 Å². The number of ether oxygens (including phenoxy) is 1. The summed E-state index contributed by atoms with van der Waals surface area (Å²) in [5, 5.41) is 2.82. The van der Waals surface area contributed by atoms with E-state index >= 15 is 0 Å². The number of methoxy groups -OCH3 is 1. The van der Waals surface area contributed by atoms with Gasteiger partial charge in [-0.1, -0.05) is 43.3 Å². The highest BCUT2D eigenvalue weighted by molar-refractivity contribution is 7.92. The molecule has 0 saturated heterocycles. The number of amides is 2. The average Bonchev–Trinajstić information content (AvgIpc) is 2.98. The van der Waals surface area contributed by atoms with E-state index in [-0.39, 0.29) is 23.2 Å². The van der Waals surface area contributed by atoms with E-state index in [1.807, 2.05) is 6.92 Å². The van der Waals surface area contributed by atoms with Crippen molar-refractivity contribution in [2.24, 2.45) is 0 Å². The van der Waals surface area contributed by atoms with E-state index in [0.29, 0.717) is 28.1 Å². The zero-order valence-electron chi connectivity index (χ0n) is 23.8. The second kappa shape index (κ2) is 13.7. The molecule has 0 saturated carbocycles. The first-order valence-electron chi connectivity index (χ1n) is 13.3. The lowest BCUT2D eigenvalue weighted by Crippen LogP contribution is -2.52. The average molecular weight is 606 g/mol. The van der Waals surface area contributed by atoms with E-state index in [1.165, 1.54) is 49.3 Å². The highest BCUT2D eigenvalue weighted by Gasteiger charge is 2.35. The molecule has 0 unspecified atom stereocenters. The number of alkyl halides is 3. The number of hydrogen-bond acceptors (Lipinski definition) is 5. The normalized spacial score (nSPS) is 13.1. The summed E-state index contributed by atoms with van der Waals surface area (Å²) in [6.45, 7) is 4.25. The van der Waals surface area contributed by atoms with Crippen LogP contribution in [0.15, 0.2) is 83.8 Å². The minimum absolute atomic E-state index is 0.0903. The van der Waals surface area contributed by atoms with Crippen LogP contribution in [0, 0.1) is 0 Å². The van der Waals surface area contributed by atoms with Crippen LogP contribution in [0.25, 0.3) is 0 Å². The molecule has 3 rings (SSSR count). The van der Waals surface area contributed by atoms with Gasteiger partial charge in [-0.2, -0.15) is 13.2 Å². The number of hydrogen-bond donors (Lipinski definition) is 1. The molecule has 0 bridgehead atoms. The number of benzene rings is 3. The molecule has 2 amide bonds. The molecule has 0 aliphatic heterocycles. The van der Waals surface area contributed by atoms with E-state index in [2.05, 4.69) is 5.32 Å². The molecule has 0 aliphatic rings. The van der Waals surface area contributed by atoms with Crippen molar-refractivity contribution >= 4 is 27.5 Å². The third-order valence-electron chi connectivity index (χ3n) is 6.73. The van der Waals surface area contributed by atoms with Crippen LogP contribution in [-0.2, 0) is 32.3 Å². The lowest BCUT2D eigenvalue weighted by atomic mass is 10.1. The second-order valence-electron chi connectivity index (χ2n) is 9.74. The van der Waals surface area contributed by atoms with Gasteiger partial charge in [-0.15, -0.1) is 0 Å². The van der Waals surface area contributed by atoms with Crippen molar-refractivity contribution in [2.45, 2.75) is 56.9 Å². The molecule has 0 fully saturated rings. The first-order valence-corrected chi connectivity index (χ1v) is 14.7. The van der Waals surface area contributed by atoms with Gasteiger partial charge in [0.15, 0.2) is 0 Å². The molecule has 0 radical (unpaired) electrons. The monoisotopic (exact) mass is 605 g/mol. The molecule has 0 heterocycles. The fourth-order valence-electron chi connectivity index (χ4n) is 4.10. The fraction of sp³-hybridized carbons (Fsp3) is 0.333. The maximum atomic E-state index is 13.9. The van der Waals surface area contributed by atoms with Crippen molar-refractivity contribution in [3.8, 4) is 5.75 Å².